The van der Waals surface area contributed by atoms with Gasteiger partial charge in [0.05, 0.1) is 0 Å². The predicted octanol–water partition coefficient (Wildman–Crippen LogP) is 7.20. The SMILES string of the molecule is CCCCCCCCC[Si@H]1CC[C@H](c2ccc(Cl)cc2)CC1. The largest absolute Gasteiger partial charge is 0.0843 e. The highest BCUT2D eigenvalue weighted by molar-refractivity contribution is 6.59. The number of unbranched alkanes of at least 4 members (excludes halogenated alkanes) is 6. The first-order valence-corrected chi connectivity index (χ1v) is 12.4. The highest BCUT2D eigenvalue weighted by Crippen LogP contribution is 2.35. The number of benzene rings is 1. The molecule has 0 atom stereocenters. The minimum atomic E-state index is -0.389. The van der Waals surface area contributed by atoms with E-state index in [0.717, 1.165) is 10.9 Å². The standard InChI is InChI=1S/C20H33ClSi/c1-2-3-4-5-6-7-8-15-22-16-13-19(14-17-22)18-9-11-20(21)12-10-18/h9-12,19,22H,2-8,13-17H2,1H3/t19-,22-. The van der Waals surface area contributed by atoms with Crippen molar-refractivity contribution in [3.8, 4) is 0 Å². The maximum Gasteiger partial charge on any atom is 0.0406 e. The number of hydrogen-bond acceptors (Lipinski definition) is 0. The fourth-order valence-corrected chi connectivity index (χ4v) is 7.52. The first-order valence-electron chi connectivity index (χ1n) is 9.55. The Balaban J connectivity index is 1.56. The first-order chi connectivity index (χ1) is 10.8. The van der Waals surface area contributed by atoms with E-state index in [4.69, 9.17) is 11.6 Å². The van der Waals surface area contributed by atoms with Crippen LogP contribution in [0.1, 0.15) is 76.2 Å². The maximum atomic E-state index is 5.99. The molecule has 1 fully saturated rings. The lowest BCUT2D eigenvalue weighted by Gasteiger charge is -2.28. The second kappa shape index (κ2) is 10.5. The second-order valence-electron chi connectivity index (χ2n) is 7.18. The molecule has 2 heteroatoms. The van der Waals surface area contributed by atoms with Gasteiger partial charge in [0, 0.05) is 13.8 Å². The van der Waals surface area contributed by atoms with E-state index in [-0.39, 0.29) is 8.80 Å². The molecule has 1 aliphatic heterocycles. The third-order valence-corrected chi connectivity index (χ3v) is 9.18. The van der Waals surface area contributed by atoms with E-state index in [2.05, 4.69) is 31.2 Å². The van der Waals surface area contributed by atoms with Crippen molar-refractivity contribution in [1.82, 2.24) is 0 Å². The van der Waals surface area contributed by atoms with Crippen LogP contribution in [0, 0.1) is 0 Å². The molecule has 0 unspecified atom stereocenters. The van der Waals surface area contributed by atoms with Crippen molar-refractivity contribution in [2.24, 2.45) is 0 Å². The summed E-state index contributed by atoms with van der Waals surface area (Å²) in [5.74, 6) is 0.815. The van der Waals surface area contributed by atoms with Crippen molar-refractivity contribution in [3.05, 3.63) is 34.9 Å². The van der Waals surface area contributed by atoms with E-state index in [0.29, 0.717) is 0 Å². The molecule has 0 spiro atoms. The molecule has 1 heterocycles. The van der Waals surface area contributed by atoms with E-state index in [9.17, 15) is 0 Å². The summed E-state index contributed by atoms with van der Waals surface area (Å²) in [5.41, 5.74) is 1.52. The molecule has 1 aliphatic rings. The van der Waals surface area contributed by atoms with Crippen LogP contribution in [0.3, 0.4) is 0 Å². The Bertz CT molecular complexity index is 393. The van der Waals surface area contributed by atoms with E-state index < -0.39 is 0 Å². The fraction of sp³-hybridized carbons (Fsp3) is 0.700. The minimum absolute atomic E-state index is 0.389. The van der Waals surface area contributed by atoms with Crippen LogP contribution in [-0.2, 0) is 0 Å². The molecule has 0 bridgehead atoms. The summed E-state index contributed by atoms with van der Waals surface area (Å²) in [6.45, 7) is 2.30. The Hall–Kier alpha value is -0.273. The molecule has 0 nitrogen and oxygen atoms in total. The van der Waals surface area contributed by atoms with E-state index >= 15 is 0 Å². The van der Waals surface area contributed by atoms with Gasteiger partial charge in [0.25, 0.3) is 0 Å². The van der Waals surface area contributed by atoms with Crippen molar-refractivity contribution in [1.29, 1.82) is 0 Å². The smallest absolute Gasteiger partial charge is 0.0406 e. The zero-order chi connectivity index (χ0) is 15.6. The molecule has 1 aromatic rings. The number of halogens is 1. The van der Waals surface area contributed by atoms with Crippen LogP contribution in [0.25, 0.3) is 0 Å². The lowest BCUT2D eigenvalue weighted by Crippen LogP contribution is -2.20. The van der Waals surface area contributed by atoms with Gasteiger partial charge in [-0.1, -0.05) is 93.7 Å². The fourth-order valence-electron chi connectivity index (χ4n) is 3.91. The van der Waals surface area contributed by atoms with Crippen LogP contribution in [-0.4, -0.2) is 8.80 Å². The summed E-state index contributed by atoms with van der Waals surface area (Å²) in [4.78, 5) is 0. The molecular weight excluding hydrogens is 304 g/mol. The summed E-state index contributed by atoms with van der Waals surface area (Å²) in [5, 5.41) is 0.866. The molecule has 0 aromatic heterocycles. The molecule has 22 heavy (non-hydrogen) atoms. The van der Waals surface area contributed by atoms with Crippen molar-refractivity contribution in [3.63, 3.8) is 0 Å². The van der Waals surface area contributed by atoms with Crippen LogP contribution in [0.2, 0.25) is 23.2 Å². The van der Waals surface area contributed by atoms with Gasteiger partial charge in [-0.15, -0.1) is 0 Å². The van der Waals surface area contributed by atoms with Crippen LogP contribution < -0.4 is 0 Å². The maximum absolute atomic E-state index is 5.99. The lowest BCUT2D eigenvalue weighted by atomic mass is 9.94. The van der Waals surface area contributed by atoms with Gasteiger partial charge in [-0.2, -0.15) is 0 Å². The topological polar surface area (TPSA) is 0 Å². The number of hydrogen-bond donors (Lipinski definition) is 0. The molecule has 0 saturated carbocycles. The van der Waals surface area contributed by atoms with Crippen molar-refractivity contribution >= 4 is 20.4 Å². The first kappa shape index (κ1) is 18.1. The molecule has 0 aliphatic carbocycles. The summed E-state index contributed by atoms with van der Waals surface area (Å²) in [6, 6.07) is 13.3. The molecule has 0 radical (unpaired) electrons. The Morgan fingerprint density at radius 3 is 2.14 bits per heavy atom. The van der Waals surface area contributed by atoms with E-state index in [1.54, 1.807) is 18.1 Å². The third-order valence-electron chi connectivity index (χ3n) is 5.40. The highest BCUT2D eigenvalue weighted by atomic mass is 35.5. The highest BCUT2D eigenvalue weighted by Gasteiger charge is 2.22. The molecular formula is C20H33ClSi. The Kier molecular flexibility index (Phi) is 8.62. The number of rotatable bonds is 9. The van der Waals surface area contributed by atoms with E-state index in [1.165, 1.54) is 63.4 Å². The van der Waals surface area contributed by atoms with Crippen LogP contribution in [0.15, 0.2) is 24.3 Å². The van der Waals surface area contributed by atoms with Gasteiger partial charge in [0.15, 0.2) is 0 Å². The van der Waals surface area contributed by atoms with Gasteiger partial charge in [0.1, 0.15) is 0 Å². The molecule has 124 valence electrons. The summed E-state index contributed by atoms with van der Waals surface area (Å²) < 4.78 is 0. The minimum Gasteiger partial charge on any atom is -0.0843 e. The molecule has 2 rings (SSSR count). The summed E-state index contributed by atoms with van der Waals surface area (Å²) >= 11 is 5.99. The van der Waals surface area contributed by atoms with Gasteiger partial charge < -0.3 is 0 Å². The summed E-state index contributed by atoms with van der Waals surface area (Å²) in [6.07, 6.45) is 13.1. The van der Waals surface area contributed by atoms with Crippen molar-refractivity contribution < 1.29 is 0 Å². The average Bonchev–Trinajstić information content (AvgIpc) is 2.55. The average molecular weight is 337 g/mol. The summed E-state index contributed by atoms with van der Waals surface area (Å²) in [7, 11) is -0.389. The Morgan fingerprint density at radius 2 is 1.50 bits per heavy atom. The van der Waals surface area contributed by atoms with Crippen molar-refractivity contribution in [2.75, 3.05) is 0 Å². The second-order valence-corrected chi connectivity index (χ2v) is 11.1. The van der Waals surface area contributed by atoms with Gasteiger partial charge in [0.2, 0.25) is 0 Å². The van der Waals surface area contributed by atoms with Gasteiger partial charge in [-0.25, -0.2) is 0 Å². The Morgan fingerprint density at radius 1 is 0.909 bits per heavy atom. The Labute approximate surface area is 144 Å². The van der Waals surface area contributed by atoms with Gasteiger partial charge in [-0.3, -0.25) is 0 Å². The van der Waals surface area contributed by atoms with Gasteiger partial charge in [-0.05, 0) is 36.5 Å². The normalized spacial score (nSPS) is 21.9. The van der Waals surface area contributed by atoms with Crippen LogP contribution >= 0.6 is 11.6 Å². The molecule has 1 aromatic carbocycles. The van der Waals surface area contributed by atoms with E-state index in [1.807, 2.05) is 0 Å². The lowest BCUT2D eigenvalue weighted by molar-refractivity contribution is 0.589. The monoisotopic (exact) mass is 336 g/mol. The molecule has 0 N–H and O–H groups in total. The third kappa shape index (κ3) is 6.46. The van der Waals surface area contributed by atoms with Crippen LogP contribution in [0.5, 0.6) is 0 Å². The molecule has 0 amide bonds. The zero-order valence-corrected chi connectivity index (χ0v) is 16.2. The zero-order valence-electron chi connectivity index (χ0n) is 14.3. The predicted molar refractivity (Wildman–Crippen MR) is 103 cm³/mol. The molecule has 1 saturated heterocycles. The van der Waals surface area contributed by atoms with Crippen LogP contribution in [0.4, 0.5) is 0 Å². The quantitative estimate of drug-likeness (QED) is 0.330. The van der Waals surface area contributed by atoms with Gasteiger partial charge >= 0.3 is 0 Å². The van der Waals surface area contributed by atoms with Crippen molar-refractivity contribution in [2.45, 2.75) is 88.8 Å².